The highest BCUT2D eigenvalue weighted by Crippen LogP contribution is 2.48. The molecule has 1 amide bonds. The molecular weight excluding hydrogens is 322 g/mol. The fourth-order valence-corrected chi connectivity index (χ4v) is 3.48. The van der Waals surface area contributed by atoms with E-state index in [-0.39, 0.29) is 17.5 Å². The maximum atomic E-state index is 13.4. The molecule has 1 N–H and O–H groups in total. The number of carbonyl (C=O) groups excluding carboxylic acids is 1. The van der Waals surface area contributed by atoms with E-state index in [0.717, 1.165) is 5.56 Å². The molecule has 5 heteroatoms. The number of rotatable bonds is 2. The number of benzene rings is 2. The highest BCUT2D eigenvalue weighted by molar-refractivity contribution is 6.11. The highest BCUT2D eigenvalue weighted by atomic mass is 19.1. The molecule has 0 saturated carbocycles. The molecule has 124 valence electrons. The number of anilines is 1. The van der Waals surface area contributed by atoms with E-state index in [2.05, 4.69) is 10.3 Å². The molecule has 1 aliphatic heterocycles. The number of halogens is 2. The van der Waals surface area contributed by atoms with Gasteiger partial charge in [-0.25, -0.2) is 8.78 Å². The minimum absolute atomic E-state index is 0.267. The smallest absolute Gasteiger partial charge is 0.244 e. The van der Waals surface area contributed by atoms with Crippen LogP contribution in [0.5, 0.6) is 0 Å². The van der Waals surface area contributed by atoms with Crippen LogP contribution in [-0.2, 0) is 10.2 Å². The summed E-state index contributed by atoms with van der Waals surface area (Å²) in [6, 6.07) is 11.6. The molecule has 25 heavy (non-hydrogen) atoms. The Balaban J connectivity index is 2.08. The largest absolute Gasteiger partial charge is 0.324 e. The average Bonchev–Trinajstić information content (AvgIpc) is 2.91. The minimum Gasteiger partial charge on any atom is -0.324 e. The normalized spacial score (nSPS) is 14.9. The van der Waals surface area contributed by atoms with E-state index in [1.165, 1.54) is 24.3 Å². The number of nitrogens with zero attached hydrogens (tertiary/aromatic N) is 1. The Morgan fingerprint density at radius 2 is 1.40 bits per heavy atom. The van der Waals surface area contributed by atoms with Gasteiger partial charge in [-0.1, -0.05) is 24.3 Å². The first-order chi connectivity index (χ1) is 12.0. The summed E-state index contributed by atoms with van der Waals surface area (Å²) in [5.41, 5.74) is 2.20. The second-order valence-electron chi connectivity index (χ2n) is 6.10. The van der Waals surface area contributed by atoms with E-state index in [0.29, 0.717) is 22.4 Å². The van der Waals surface area contributed by atoms with Crippen LogP contribution in [0.3, 0.4) is 0 Å². The molecule has 0 bridgehead atoms. The van der Waals surface area contributed by atoms with Crippen LogP contribution in [0.4, 0.5) is 14.5 Å². The maximum absolute atomic E-state index is 13.4. The summed E-state index contributed by atoms with van der Waals surface area (Å²) in [6.07, 6.45) is 3.30. The topological polar surface area (TPSA) is 42.0 Å². The summed E-state index contributed by atoms with van der Waals surface area (Å²) in [6.45, 7) is 1.86. The lowest BCUT2D eigenvalue weighted by Gasteiger charge is -2.28. The maximum Gasteiger partial charge on any atom is 0.244 e. The molecule has 3 aromatic rings. The van der Waals surface area contributed by atoms with Gasteiger partial charge in [0.15, 0.2) is 0 Å². The van der Waals surface area contributed by atoms with Gasteiger partial charge in [-0.05, 0) is 47.9 Å². The lowest BCUT2D eigenvalue weighted by atomic mass is 9.70. The zero-order chi connectivity index (χ0) is 17.6. The third-order valence-corrected chi connectivity index (χ3v) is 4.67. The quantitative estimate of drug-likeness (QED) is 0.770. The fraction of sp³-hybridized carbons (Fsp3) is 0.100. The van der Waals surface area contributed by atoms with Gasteiger partial charge in [0.05, 0.1) is 5.69 Å². The Labute approximate surface area is 143 Å². The van der Waals surface area contributed by atoms with Crippen molar-refractivity contribution in [1.29, 1.82) is 0 Å². The van der Waals surface area contributed by atoms with Gasteiger partial charge in [-0.2, -0.15) is 0 Å². The van der Waals surface area contributed by atoms with Gasteiger partial charge >= 0.3 is 0 Å². The van der Waals surface area contributed by atoms with E-state index in [9.17, 15) is 13.6 Å². The first-order valence-electron chi connectivity index (χ1n) is 7.82. The highest BCUT2D eigenvalue weighted by Gasteiger charge is 2.50. The van der Waals surface area contributed by atoms with Gasteiger partial charge in [0, 0.05) is 18.0 Å². The molecule has 3 nitrogen and oxygen atoms in total. The summed E-state index contributed by atoms with van der Waals surface area (Å²) >= 11 is 0. The summed E-state index contributed by atoms with van der Waals surface area (Å²) in [4.78, 5) is 17.4. The molecule has 0 unspecified atom stereocenters. The Morgan fingerprint density at radius 3 is 1.92 bits per heavy atom. The molecular formula is C20H14F2N2O. The number of carbonyl (C=O) groups is 1. The standard InChI is InChI=1S/C20H14F2N2O/c1-12-10-23-11-17-18(12)24-19(25)20(17,13-2-6-15(21)7-3-13)14-4-8-16(22)9-5-14/h2-11H,1H3,(H,24,25). The number of fused-ring (bicyclic) bond motifs is 1. The molecule has 0 saturated heterocycles. The van der Waals surface area contributed by atoms with E-state index in [1.54, 1.807) is 36.7 Å². The Hall–Kier alpha value is -3.08. The number of aromatic nitrogens is 1. The first-order valence-corrected chi connectivity index (χ1v) is 7.82. The molecule has 0 atom stereocenters. The van der Waals surface area contributed by atoms with Gasteiger partial charge in [-0.15, -0.1) is 0 Å². The van der Waals surface area contributed by atoms with E-state index in [4.69, 9.17) is 0 Å². The van der Waals surface area contributed by atoms with E-state index < -0.39 is 5.41 Å². The predicted octanol–water partition coefficient (Wildman–Crippen LogP) is 3.95. The molecule has 1 aliphatic rings. The average molecular weight is 336 g/mol. The van der Waals surface area contributed by atoms with Crippen LogP contribution in [0.15, 0.2) is 60.9 Å². The summed E-state index contributed by atoms with van der Waals surface area (Å²) in [5.74, 6) is -1.05. The van der Waals surface area contributed by atoms with Gasteiger partial charge in [0.2, 0.25) is 5.91 Å². The second kappa shape index (κ2) is 5.48. The van der Waals surface area contributed by atoms with Crippen molar-refractivity contribution < 1.29 is 13.6 Å². The number of hydrogen-bond acceptors (Lipinski definition) is 2. The molecule has 0 fully saturated rings. The third-order valence-electron chi connectivity index (χ3n) is 4.67. The summed E-state index contributed by atoms with van der Waals surface area (Å²) < 4.78 is 26.9. The number of hydrogen-bond donors (Lipinski definition) is 1. The predicted molar refractivity (Wildman–Crippen MR) is 90.3 cm³/mol. The van der Waals surface area contributed by atoms with Crippen molar-refractivity contribution in [2.24, 2.45) is 0 Å². The summed E-state index contributed by atoms with van der Waals surface area (Å²) in [5, 5.41) is 2.92. The number of aryl methyl sites for hydroxylation is 1. The Morgan fingerprint density at radius 1 is 0.880 bits per heavy atom. The van der Waals surface area contributed by atoms with Crippen molar-refractivity contribution in [2.45, 2.75) is 12.3 Å². The van der Waals surface area contributed by atoms with Gasteiger partial charge in [-0.3, -0.25) is 9.78 Å². The fourth-order valence-electron chi connectivity index (χ4n) is 3.48. The minimum atomic E-state index is -1.20. The lowest BCUT2D eigenvalue weighted by Crippen LogP contribution is -2.37. The second-order valence-corrected chi connectivity index (χ2v) is 6.10. The Bertz CT molecular complexity index is 920. The molecule has 0 spiro atoms. The van der Waals surface area contributed by atoms with Crippen LogP contribution >= 0.6 is 0 Å². The van der Waals surface area contributed by atoms with Crippen molar-refractivity contribution in [3.63, 3.8) is 0 Å². The molecule has 0 aliphatic carbocycles. The van der Waals surface area contributed by atoms with Crippen LogP contribution in [0, 0.1) is 18.6 Å². The molecule has 1 aromatic heterocycles. The van der Waals surface area contributed by atoms with Crippen LogP contribution in [0.25, 0.3) is 0 Å². The van der Waals surface area contributed by atoms with Gasteiger partial charge in [0.1, 0.15) is 17.0 Å². The Kier molecular flexibility index (Phi) is 3.39. The van der Waals surface area contributed by atoms with Crippen molar-refractivity contribution in [2.75, 3.05) is 5.32 Å². The van der Waals surface area contributed by atoms with Crippen LogP contribution < -0.4 is 5.32 Å². The van der Waals surface area contributed by atoms with Crippen LogP contribution in [0.2, 0.25) is 0 Å². The van der Waals surface area contributed by atoms with E-state index in [1.807, 2.05) is 6.92 Å². The van der Waals surface area contributed by atoms with Crippen molar-refractivity contribution >= 4 is 11.6 Å². The number of pyridine rings is 1. The summed E-state index contributed by atoms with van der Waals surface area (Å²) in [7, 11) is 0. The van der Waals surface area contributed by atoms with Crippen molar-refractivity contribution in [3.8, 4) is 0 Å². The van der Waals surface area contributed by atoms with Crippen LogP contribution in [0.1, 0.15) is 22.3 Å². The van der Waals surface area contributed by atoms with Crippen molar-refractivity contribution in [1.82, 2.24) is 4.98 Å². The number of nitrogens with one attached hydrogen (secondary N) is 1. The van der Waals surface area contributed by atoms with Gasteiger partial charge in [0.25, 0.3) is 0 Å². The molecule has 0 radical (unpaired) electrons. The first kappa shape index (κ1) is 15.4. The van der Waals surface area contributed by atoms with Crippen molar-refractivity contribution in [3.05, 3.63) is 94.8 Å². The van der Waals surface area contributed by atoms with Gasteiger partial charge < -0.3 is 5.32 Å². The number of amides is 1. The lowest BCUT2D eigenvalue weighted by molar-refractivity contribution is -0.118. The molecule has 2 aromatic carbocycles. The SMILES string of the molecule is Cc1cncc2c1NC(=O)C2(c1ccc(F)cc1)c1ccc(F)cc1. The zero-order valence-corrected chi connectivity index (χ0v) is 13.4. The van der Waals surface area contributed by atoms with E-state index >= 15 is 0 Å². The molecule has 4 rings (SSSR count). The van der Waals surface area contributed by atoms with Crippen LogP contribution in [-0.4, -0.2) is 10.9 Å². The third kappa shape index (κ3) is 2.16. The molecule has 2 heterocycles. The monoisotopic (exact) mass is 336 g/mol. The zero-order valence-electron chi connectivity index (χ0n) is 13.4.